The Balaban J connectivity index is 2.22. The molecule has 5 nitrogen and oxygen atoms in total. The molecule has 1 aliphatic rings. The van der Waals surface area contributed by atoms with Crippen molar-refractivity contribution in [1.82, 2.24) is 4.90 Å². The number of hydrogen-bond acceptors (Lipinski definition) is 4. The number of nitrogens with zero attached hydrogens (tertiary/aromatic N) is 1. The Morgan fingerprint density at radius 2 is 1.76 bits per heavy atom. The molecule has 0 aliphatic carbocycles. The van der Waals surface area contributed by atoms with Crippen LogP contribution < -0.4 is 9.47 Å². The molecule has 1 aromatic rings. The van der Waals surface area contributed by atoms with Crippen molar-refractivity contribution in [1.29, 1.82) is 0 Å². The van der Waals surface area contributed by atoms with E-state index in [0.29, 0.717) is 30.2 Å². The van der Waals surface area contributed by atoms with Crippen LogP contribution in [-0.4, -0.2) is 49.3 Å². The zero-order chi connectivity index (χ0) is 12.4. The molecule has 17 heavy (non-hydrogen) atoms. The van der Waals surface area contributed by atoms with Gasteiger partial charge in [0.2, 0.25) is 0 Å². The number of benzene rings is 1. The summed E-state index contributed by atoms with van der Waals surface area (Å²) in [4.78, 5) is 13.6. The summed E-state index contributed by atoms with van der Waals surface area (Å²) in [6, 6.07) is 5.03. The molecule has 1 saturated heterocycles. The van der Waals surface area contributed by atoms with Crippen LogP contribution in [0.4, 0.5) is 0 Å². The van der Waals surface area contributed by atoms with E-state index in [4.69, 9.17) is 9.47 Å². The van der Waals surface area contributed by atoms with Gasteiger partial charge in [0.05, 0.1) is 20.3 Å². The Labute approximate surface area is 99.6 Å². The molecule has 0 radical (unpaired) electrons. The lowest BCUT2D eigenvalue weighted by Crippen LogP contribution is -2.53. The van der Waals surface area contributed by atoms with Gasteiger partial charge in [0.15, 0.2) is 0 Å². The molecule has 0 atom stereocenters. The predicted molar refractivity (Wildman–Crippen MR) is 61.5 cm³/mol. The van der Waals surface area contributed by atoms with Crippen molar-refractivity contribution in [3.8, 4) is 11.5 Å². The maximum absolute atomic E-state index is 12.0. The van der Waals surface area contributed by atoms with E-state index in [1.54, 1.807) is 23.1 Å². The molecular formula is C12H15NO4. The van der Waals surface area contributed by atoms with Gasteiger partial charge >= 0.3 is 0 Å². The van der Waals surface area contributed by atoms with Crippen LogP contribution in [0.15, 0.2) is 18.2 Å². The van der Waals surface area contributed by atoms with Gasteiger partial charge in [-0.25, -0.2) is 0 Å². The average Bonchev–Trinajstić information content (AvgIpc) is 2.33. The molecule has 2 rings (SSSR count). The highest BCUT2D eigenvalue weighted by atomic mass is 16.5. The molecule has 0 bridgehead atoms. The number of ether oxygens (including phenoxy) is 2. The van der Waals surface area contributed by atoms with Crippen molar-refractivity contribution in [3.63, 3.8) is 0 Å². The minimum absolute atomic E-state index is 0.118. The Morgan fingerprint density at radius 1 is 1.24 bits per heavy atom. The minimum atomic E-state index is -0.397. The van der Waals surface area contributed by atoms with E-state index in [1.807, 2.05) is 0 Å². The first-order valence-corrected chi connectivity index (χ1v) is 5.34. The highest BCUT2D eigenvalue weighted by Gasteiger charge is 2.29. The number of rotatable bonds is 3. The summed E-state index contributed by atoms with van der Waals surface area (Å²) in [5.74, 6) is 1.04. The highest BCUT2D eigenvalue weighted by Crippen LogP contribution is 2.24. The van der Waals surface area contributed by atoms with E-state index in [9.17, 15) is 9.90 Å². The maximum Gasteiger partial charge on any atom is 0.254 e. The first kappa shape index (κ1) is 11.7. The molecule has 0 aromatic heterocycles. The van der Waals surface area contributed by atoms with Gasteiger partial charge in [-0.3, -0.25) is 4.79 Å². The van der Waals surface area contributed by atoms with Gasteiger partial charge in [-0.15, -0.1) is 0 Å². The SMILES string of the molecule is COc1cc(OC)cc(C(=O)N2CC(O)C2)c1. The van der Waals surface area contributed by atoms with Crippen LogP contribution >= 0.6 is 0 Å². The lowest BCUT2D eigenvalue weighted by molar-refractivity contribution is 0.00586. The van der Waals surface area contributed by atoms with Crippen LogP contribution in [0.3, 0.4) is 0 Å². The Morgan fingerprint density at radius 3 is 2.18 bits per heavy atom. The third kappa shape index (κ3) is 2.34. The molecule has 1 aliphatic heterocycles. The fourth-order valence-electron chi connectivity index (χ4n) is 1.73. The number of carbonyl (C=O) groups is 1. The van der Waals surface area contributed by atoms with E-state index in [0.717, 1.165) is 0 Å². The molecule has 92 valence electrons. The zero-order valence-corrected chi connectivity index (χ0v) is 9.84. The van der Waals surface area contributed by atoms with Crippen LogP contribution in [0, 0.1) is 0 Å². The van der Waals surface area contributed by atoms with Crippen molar-refractivity contribution in [2.75, 3.05) is 27.3 Å². The lowest BCUT2D eigenvalue weighted by Gasteiger charge is -2.35. The van der Waals surface area contributed by atoms with Gasteiger partial charge in [-0.2, -0.15) is 0 Å². The normalized spacial score (nSPS) is 15.4. The standard InChI is InChI=1S/C12H15NO4/c1-16-10-3-8(4-11(5-10)17-2)12(15)13-6-9(14)7-13/h3-5,9,14H,6-7H2,1-2H3. The van der Waals surface area contributed by atoms with Crippen LogP contribution in [-0.2, 0) is 0 Å². The number of hydrogen-bond donors (Lipinski definition) is 1. The van der Waals surface area contributed by atoms with Crippen LogP contribution in [0.25, 0.3) is 0 Å². The Bertz CT molecular complexity index is 404. The second kappa shape index (κ2) is 4.63. The zero-order valence-electron chi connectivity index (χ0n) is 9.84. The summed E-state index contributed by atoms with van der Waals surface area (Å²) >= 11 is 0. The minimum Gasteiger partial charge on any atom is -0.497 e. The summed E-state index contributed by atoms with van der Waals surface area (Å²) in [7, 11) is 3.08. The van der Waals surface area contributed by atoms with Crippen LogP contribution in [0.5, 0.6) is 11.5 Å². The quantitative estimate of drug-likeness (QED) is 0.832. The summed E-state index contributed by atoms with van der Waals surface area (Å²) < 4.78 is 10.2. The Hall–Kier alpha value is -1.75. The fraction of sp³-hybridized carbons (Fsp3) is 0.417. The van der Waals surface area contributed by atoms with Crippen molar-refractivity contribution in [3.05, 3.63) is 23.8 Å². The van der Waals surface area contributed by atoms with Crippen LogP contribution in [0.1, 0.15) is 10.4 Å². The van der Waals surface area contributed by atoms with E-state index in [1.165, 1.54) is 14.2 Å². The average molecular weight is 237 g/mol. The lowest BCUT2D eigenvalue weighted by atomic mass is 10.1. The third-order valence-corrected chi connectivity index (χ3v) is 2.75. The van der Waals surface area contributed by atoms with E-state index < -0.39 is 6.10 Å². The summed E-state index contributed by atoms with van der Waals surface area (Å²) in [5, 5.41) is 9.17. The smallest absolute Gasteiger partial charge is 0.254 e. The van der Waals surface area contributed by atoms with Gasteiger partial charge < -0.3 is 19.5 Å². The molecule has 0 saturated carbocycles. The number of likely N-dealkylation sites (tertiary alicyclic amines) is 1. The number of carbonyl (C=O) groups excluding carboxylic acids is 1. The van der Waals surface area contributed by atoms with Gasteiger partial charge in [0.25, 0.3) is 5.91 Å². The second-order valence-electron chi connectivity index (χ2n) is 3.97. The molecule has 0 spiro atoms. The molecule has 0 unspecified atom stereocenters. The summed E-state index contributed by atoms with van der Waals surface area (Å²) in [6.07, 6.45) is -0.397. The topological polar surface area (TPSA) is 59.0 Å². The van der Waals surface area contributed by atoms with Crippen molar-refractivity contribution >= 4 is 5.91 Å². The van der Waals surface area contributed by atoms with E-state index >= 15 is 0 Å². The number of aliphatic hydroxyl groups is 1. The monoisotopic (exact) mass is 237 g/mol. The molecule has 1 amide bonds. The fourth-order valence-corrected chi connectivity index (χ4v) is 1.73. The van der Waals surface area contributed by atoms with Crippen molar-refractivity contribution < 1.29 is 19.4 Å². The van der Waals surface area contributed by atoms with Gasteiger partial charge in [0.1, 0.15) is 11.5 Å². The number of β-amino-alcohol motifs (C(OH)–C–C–N with tert-alkyl or cyclic N) is 1. The summed E-state index contributed by atoms with van der Waals surface area (Å²) in [5.41, 5.74) is 0.508. The number of amides is 1. The number of aliphatic hydroxyl groups excluding tert-OH is 1. The predicted octanol–water partition coefficient (Wildman–Crippen LogP) is 0.521. The first-order valence-electron chi connectivity index (χ1n) is 5.34. The highest BCUT2D eigenvalue weighted by molar-refractivity contribution is 5.95. The molecule has 1 aromatic carbocycles. The maximum atomic E-state index is 12.0. The Kier molecular flexibility index (Phi) is 3.19. The molecule has 1 heterocycles. The summed E-state index contributed by atoms with van der Waals surface area (Å²) in [6.45, 7) is 0.775. The van der Waals surface area contributed by atoms with E-state index in [2.05, 4.69) is 0 Å². The second-order valence-corrected chi connectivity index (χ2v) is 3.97. The van der Waals surface area contributed by atoms with Gasteiger partial charge in [-0.1, -0.05) is 0 Å². The third-order valence-electron chi connectivity index (χ3n) is 2.75. The molecule has 1 fully saturated rings. The molecule has 1 N–H and O–H groups in total. The van der Waals surface area contributed by atoms with Gasteiger partial charge in [0, 0.05) is 24.7 Å². The first-order chi connectivity index (χ1) is 8.13. The largest absolute Gasteiger partial charge is 0.497 e. The van der Waals surface area contributed by atoms with E-state index in [-0.39, 0.29) is 5.91 Å². The number of methoxy groups -OCH3 is 2. The molecular weight excluding hydrogens is 222 g/mol. The van der Waals surface area contributed by atoms with Gasteiger partial charge in [-0.05, 0) is 12.1 Å². The van der Waals surface area contributed by atoms with Crippen molar-refractivity contribution in [2.45, 2.75) is 6.10 Å². The van der Waals surface area contributed by atoms with Crippen molar-refractivity contribution in [2.24, 2.45) is 0 Å². The molecule has 5 heteroatoms. The van der Waals surface area contributed by atoms with Crippen LogP contribution in [0.2, 0.25) is 0 Å².